The van der Waals surface area contributed by atoms with Crippen molar-refractivity contribution in [3.05, 3.63) is 63.7 Å². The highest BCUT2D eigenvalue weighted by Gasteiger charge is 2.07. The van der Waals surface area contributed by atoms with Crippen LogP contribution >= 0.6 is 22.6 Å². The second kappa shape index (κ2) is 7.04. The van der Waals surface area contributed by atoms with Crippen LogP contribution in [0.1, 0.15) is 10.4 Å². The van der Waals surface area contributed by atoms with Gasteiger partial charge >= 0.3 is 0 Å². The summed E-state index contributed by atoms with van der Waals surface area (Å²) in [5.74, 6) is -0.514. The van der Waals surface area contributed by atoms with Crippen LogP contribution in [0.3, 0.4) is 0 Å². The lowest BCUT2D eigenvalue weighted by Crippen LogP contribution is -2.32. The molecule has 0 saturated heterocycles. The molecule has 0 unspecified atom stereocenters. The molecule has 0 aliphatic carbocycles. The molecule has 0 bridgehead atoms. The van der Waals surface area contributed by atoms with Gasteiger partial charge in [-0.15, -0.1) is 0 Å². The van der Waals surface area contributed by atoms with Gasteiger partial charge in [-0.1, -0.05) is 24.3 Å². The van der Waals surface area contributed by atoms with E-state index in [1.807, 2.05) is 24.3 Å². The van der Waals surface area contributed by atoms with E-state index in [2.05, 4.69) is 33.2 Å². The average Bonchev–Trinajstić information content (AvgIpc) is 2.46. The molecule has 0 radical (unpaired) electrons. The summed E-state index contributed by atoms with van der Waals surface area (Å²) in [4.78, 5) is 23.5. The number of hydrogen-bond donors (Lipinski definition) is 2. The molecule has 0 aromatic heterocycles. The highest BCUT2D eigenvalue weighted by molar-refractivity contribution is 14.1. The number of carbonyl (C=O) groups is 2. The first-order valence-corrected chi connectivity index (χ1v) is 7.12. The van der Waals surface area contributed by atoms with Crippen LogP contribution in [-0.2, 0) is 4.79 Å². The Morgan fingerprint density at radius 1 is 1.00 bits per heavy atom. The summed E-state index contributed by atoms with van der Waals surface area (Å²) < 4.78 is 1.04. The van der Waals surface area contributed by atoms with Gasteiger partial charge in [0.1, 0.15) is 0 Å². The molecule has 4 nitrogen and oxygen atoms in total. The molecule has 102 valence electrons. The van der Waals surface area contributed by atoms with Gasteiger partial charge in [0, 0.05) is 14.8 Å². The van der Waals surface area contributed by atoms with Crippen LogP contribution in [0.4, 0.5) is 5.69 Å². The van der Waals surface area contributed by atoms with Crippen molar-refractivity contribution in [1.82, 2.24) is 5.32 Å². The molecule has 0 heterocycles. The third-order valence-electron chi connectivity index (χ3n) is 2.55. The Hall–Kier alpha value is -1.89. The number of rotatable bonds is 4. The molecule has 20 heavy (non-hydrogen) atoms. The number of benzene rings is 2. The first-order chi connectivity index (χ1) is 9.65. The number of anilines is 1. The van der Waals surface area contributed by atoms with Gasteiger partial charge in [-0.25, -0.2) is 0 Å². The van der Waals surface area contributed by atoms with E-state index in [4.69, 9.17) is 0 Å². The summed E-state index contributed by atoms with van der Waals surface area (Å²) in [6.45, 7) is -0.0563. The second-order valence-electron chi connectivity index (χ2n) is 4.11. The van der Waals surface area contributed by atoms with E-state index in [0.717, 1.165) is 9.26 Å². The van der Waals surface area contributed by atoms with Crippen molar-refractivity contribution in [2.45, 2.75) is 0 Å². The fraction of sp³-hybridized carbons (Fsp3) is 0.0667. The fourth-order valence-corrected chi connectivity index (χ4v) is 2.17. The fourth-order valence-electron chi connectivity index (χ4n) is 1.62. The van der Waals surface area contributed by atoms with E-state index < -0.39 is 0 Å². The van der Waals surface area contributed by atoms with Crippen molar-refractivity contribution in [1.29, 1.82) is 0 Å². The van der Waals surface area contributed by atoms with Gasteiger partial charge in [0.2, 0.25) is 5.91 Å². The smallest absolute Gasteiger partial charge is 0.251 e. The topological polar surface area (TPSA) is 58.2 Å². The van der Waals surface area contributed by atoms with Gasteiger partial charge in [0.25, 0.3) is 5.91 Å². The van der Waals surface area contributed by atoms with Crippen molar-refractivity contribution in [3.63, 3.8) is 0 Å². The molecule has 2 rings (SSSR count). The molecule has 0 atom stereocenters. The summed E-state index contributed by atoms with van der Waals surface area (Å²) in [6.07, 6.45) is 0. The molecular weight excluding hydrogens is 367 g/mol. The molecule has 0 saturated carbocycles. The van der Waals surface area contributed by atoms with Crippen molar-refractivity contribution >= 4 is 40.1 Å². The van der Waals surface area contributed by atoms with Crippen molar-refractivity contribution in [2.24, 2.45) is 0 Å². The minimum atomic E-state index is -0.261. The Labute approximate surface area is 130 Å². The first kappa shape index (κ1) is 14.5. The first-order valence-electron chi connectivity index (χ1n) is 6.04. The predicted molar refractivity (Wildman–Crippen MR) is 86.6 cm³/mol. The lowest BCUT2D eigenvalue weighted by molar-refractivity contribution is -0.115. The average molecular weight is 380 g/mol. The summed E-state index contributed by atoms with van der Waals surface area (Å²) in [5.41, 5.74) is 1.26. The maximum Gasteiger partial charge on any atom is 0.251 e. The normalized spacial score (nSPS) is 9.85. The lowest BCUT2D eigenvalue weighted by atomic mass is 10.2. The maximum absolute atomic E-state index is 11.8. The zero-order chi connectivity index (χ0) is 14.4. The zero-order valence-corrected chi connectivity index (χ0v) is 12.8. The second-order valence-corrected chi connectivity index (χ2v) is 5.35. The van der Waals surface area contributed by atoms with E-state index in [1.54, 1.807) is 30.3 Å². The Kier molecular flexibility index (Phi) is 5.11. The zero-order valence-electron chi connectivity index (χ0n) is 10.6. The van der Waals surface area contributed by atoms with Crippen molar-refractivity contribution < 1.29 is 9.59 Å². The van der Waals surface area contributed by atoms with Crippen molar-refractivity contribution in [2.75, 3.05) is 11.9 Å². The standard InChI is InChI=1S/C15H13IN2O2/c16-12-7-4-8-13(9-12)18-14(19)10-17-15(20)11-5-2-1-3-6-11/h1-9H,10H2,(H,17,20)(H,18,19). The number of halogens is 1. The number of nitrogens with one attached hydrogen (secondary N) is 2. The monoisotopic (exact) mass is 380 g/mol. The Bertz CT molecular complexity index is 614. The highest BCUT2D eigenvalue weighted by atomic mass is 127. The van der Waals surface area contributed by atoms with E-state index in [9.17, 15) is 9.59 Å². The van der Waals surface area contributed by atoms with Crippen LogP contribution in [0.15, 0.2) is 54.6 Å². The highest BCUT2D eigenvalue weighted by Crippen LogP contribution is 2.11. The molecule has 5 heteroatoms. The van der Waals surface area contributed by atoms with Gasteiger partial charge in [0.05, 0.1) is 6.54 Å². The minimum absolute atomic E-state index is 0.0563. The molecular formula is C15H13IN2O2. The Morgan fingerprint density at radius 3 is 2.45 bits per heavy atom. The SMILES string of the molecule is O=C(CNC(=O)c1ccccc1)Nc1cccc(I)c1. The van der Waals surface area contributed by atoms with Crippen molar-refractivity contribution in [3.8, 4) is 0 Å². The van der Waals surface area contributed by atoms with Gasteiger partial charge in [-0.05, 0) is 52.9 Å². The third-order valence-corrected chi connectivity index (χ3v) is 3.22. The quantitative estimate of drug-likeness (QED) is 0.802. The molecule has 2 amide bonds. The van der Waals surface area contributed by atoms with Crippen LogP contribution in [-0.4, -0.2) is 18.4 Å². The molecule has 0 aliphatic rings. The van der Waals surface area contributed by atoms with Crippen LogP contribution in [0.2, 0.25) is 0 Å². The summed E-state index contributed by atoms with van der Waals surface area (Å²) in [5, 5.41) is 5.31. The van der Waals surface area contributed by atoms with Crippen LogP contribution < -0.4 is 10.6 Å². The lowest BCUT2D eigenvalue weighted by Gasteiger charge is -2.07. The summed E-state index contributed by atoms with van der Waals surface area (Å²) >= 11 is 2.17. The predicted octanol–water partition coefficient (Wildman–Crippen LogP) is 2.66. The van der Waals surface area contributed by atoms with Gasteiger partial charge in [-0.3, -0.25) is 9.59 Å². The van der Waals surface area contributed by atoms with E-state index >= 15 is 0 Å². The molecule has 0 spiro atoms. The van der Waals surface area contributed by atoms with Gasteiger partial charge < -0.3 is 10.6 Å². The van der Waals surface area contributed by atoms with Crippen LogP contribution in [0.5, 0.6) is 0 Å². The summed E-state index contributed by atoms with van der Waals surface area (Å²) in [6, 6.07) is 16.3. The van der Waals surface area contributed by atoms with E-state index in [-0.39, 0.29) is 18.4 Å². The molecule has 2 aromatic carbocycles. The third kappa shape index (κ3) is 4.34. The van der Waals surface area contributed by atoms with Gasteiger partial charge in [0.15, 0.2) is 0 Å². The maximum atomic E-state index is 11.8. The molecule has 2 aromatic rings. The Balaban J connectivity index is 1.85. The molecule has 2 N–H and O–H groups in total. The van der Waals surface area contributed by atoms with Crippen LogP contribution in [0, 0.1) is 3.57 Å². The Morgan fingerprint density at radius 2 is 1.75 bits per heavy atom. The minimum Gasteiger partial charge on any atom is -0.343 e. The molecule has 0 fully saturated rings. The summed E-state index contributed by atoms with van der Waals surface area (Å²) in [7, 11) is 0. The molecule has 0 aliphatic heterocycles. The van der Waals surface area contributed by atoms with E-state index in [0.29, 0.717) is 5.56 Å². The van der Waals surface area contributed by atoms with Crippen LogP contribution in [0.25, 0.3) is 0 Å². The largest absolute Gasteiger partial charge is 0.343 e. The van der Waals surface area contributed by atoms with E-state index in [1.165, 1.54) is 0 Å². The number of hydrogen-bond acceptors (Lipinski definition) is 2. The number of amides is 2. The number of carbonyl (C=O) groups excluding carboxylic acids is 2. The van der Waals surface area contributed by atoms with Gasteiger partial charge in [-0.2, -0.15) is 0 Å².